The summed E-state index contributed by atoms with van der Waals surface area (Å²) in [5.74, 6) is 1.78. The molecule has 2 aromatic carbocycles. The lowest BCUT2D eigenvalue weighted by molar-refractivity contribution is -0.144. The van der Waals surface area contributed by atoms with Gasteiger partial charge in [-0.3, -0.25) is 4.79 Å². The fraction of sp³-hybridized carbons (Fsp3) is 0.238. The third-order valence-electron chi connectivity index (χ3n) is 4.28. The van der Waals surface area contributed by atoms with E-state index in [1.807, 2.05) is 41.8 Å². The summed E-state index contributed by atoms with van der Waals surface area (Å²) in [6, 6.07) is 11.2. The van der Waals surface area contributed by atoms with Crippen molar-refractivity contribution in [2.24, 2.45) is 0 Å². The summed E-state index contributed by atoms with van der Waals surface area (Å²) in [7, 11) is 1.63. The van der Waals surface area contributed by atoms with Gasteiger partial charge in [0.05, 0.1) is 24.8 Å². The maximum absolute atomic E-state index is 12.2. The molecule has 0 N–H and O–H groups in total. The largest absolute Gasteiger partial charge is 0.496 e. The van der Waals surface area contributed by atoms with Crippen LogP contribution in [0.3, 0.4) is 0 Å². The molecule has 4 rings (SSSR count). The Labute approximate surface area is 180 Å². The number of carbonyl (C=O) groups is 1. The molecule has 6 nitrogen and oxygen atoms in total. The van der Waals surface area contributed by atoms with Crippen LogP contribution in [0.2, 0.25) is 0 Å². The molecule has 0 atom stereocenters. The SMILES string of the molecule is COc1ccc(Br)cc1-c1nc(COC(=O)Cc2ccc3c(c2)OCCO3)cs1. The molecule has 0 bridgehead atoms. The highest BCUT2D eigenvalue weighted by molar-refractivity contribution is 9.10. The number of esters is 1. The summed E-state index contributed by atoms with van der Waals surface area (Å²) < 4.78 is 22.8. The van der Waals surface area contributed by atoms with Crippen molar-refractivity contribution in [3.63, 3.8) is 0 Å². The third-order valence-corrected chi connectivity index (χ3v) is 5.70. The van der Waals surface area contributed by atoms with E-state index in [4.69, 9.17) is 18.9 Å². The van der Waals surface area contributed by atoms with Crippen molar-refractivity contribution in [2.45, 2.75) is 13.0 Å². The molecule has 0 saturated carbocycles. The average Bonchev–Trinajstić information content (AvgIpc) is 3.21. The highest BCUT2D eigenvalue weighted by atomic mass is 79.9. The predicted molar refractivity (Wildman–Crippen MR) is 113 cm³/mol. The van der Waals surface area contributed by atoms with Crippen molar-refractivity contribution in [2.75, 3.05) is 20.3 Å². The molecule has 0 fully saturated rings. The van der Waals surface area contributed by atoms with E-state index in [0.717, 1.165) is 26.4 Å². The van der Waals surface area contributed by atoms with Gasteiger partial charge in [0, 0.05) is 9.85 Å². The molecule has 0 spiro atoms. The first kappa shape index (κ1) is 19.7. The quantitative estimate of drug-likeness (QED) is 0.483. The standard InChI is InChI=1S/C21H18BrNO5S/c1-25-17-5-3-14(22)10-16(17)21-23-15(12-29-21)11-28-20(24)9-13-2-4-18-19(8-13)27-7-6-26-18/h2-5,8,10,12H,6-7,9,11H2,1H3. The summed E-state index contributed by atoms with van der Waals surface area (Å²) in [6.07, 6.45) is 0.160. The van der Waals surface area contributed by atoms with Crippen LogP contribution in [-0.2, 0) is 22.6 Å². The number of thiazole rings is 1. The topological polar surface area (TPSA) is 66.9 Å². The van der Waals surface area contributed by atoms with Crippen LogP contribution < -0.4 is 14.2 Å². The zero-order valence-electron chi connectivity index (χ0n) is 15.6. The Morgan fingerprint density at radius 1 is 1.17 bits per heavy atom. The van der Waals surface area contributed by atoms with Crippen LogP contribution in [0.4, 0.5) is 0 Å². The van der Waals surface area contributed by atoms with Crippen LogP contribution in [-0.4, -0.2) is 31.3 Å². The number of nitrogens with zero attached hydrogens (tertiary/aromatic N) is 1. The van der Waals surface area contributed by atoms with Gasteiger partial charge in [-0.15, -0.1) is 11.3 Å². The van der Waals surface area contributed by atoms with Gasteiger partial charge < -0.3 is 18.9 Å². The van der Waals surface area contributed by atoms with Gasteiger partial charge in [0.2, 0.25) is 0 Å². The first-order chi connectivity index (χ1) is 14.1. The molecule has 150 valence electrons. The number of aromatic nitrogens is 1. The predicted octanol–water partition coefficient (Wildman–Crippen LogP) is 4.64. The summed E-state index contributed by atoms with van der Waals surface area (Å²) >= 11 is 4.95. The lowest BCUT2D eigenvalue weighted by atomic mass is 10.1. The Morgan fingerprint density at radius 3 is 2.83 bits per heavy atom. The highest BCUT2D eigenvalue weighted by Gasteiger charge is 2.15. The number of methoxy groups -OCH3 is 1. The lowest BCUT2D eigenvalue weighted by Crippen LogP contribution is -2.16. The zero-order valence-corrected chi connectivity index (χ0v) is 18.0. The third kappa shape index (κ3) is 4.71. The molecule has 0 radical (unpaired) electrons. The van der Waals surface area contributed by atoms with Crippen molar-refractivity contribution in [1.29, 1.82) is 0 Å². The molecular formula is C21H18BrNO5S. The van der Waals surface area contributed by atoms with Crippen LogP contribution in [0.15, 0.2) is 46.3 Å². The van der Waals surface area contributed by atoms with Gasteiger partial charge in [-0.1, -0.05) is 22.0 Å². The molecule has 1 aliphatic heterocycles. The summed E-state index contributed by atoms with van der Waals surface area (Å²) in [5.41, 5.74) is 2.40. The Balaban J connectivity index is 1.37. The van der Waals surface area contributed by atoms with Gasteiger partial charge in [0.15, 0.2) is 11.5 Å². The number of halogens is 1. The van der Waals surface area contributed by atoms with Crippen molar-refractivity contribution in [1.82, 2.24) is 4.98 Å². The number of carbonyl (C=O) groups excluding carboxylic acids is 1. The molecule has 0 amide bonds. The minimum atomic E-state index is -0.323. The van der Waals surface area contributed by atoms with E-state index in [0.29, 0.717) is 30.4 Å². The monoisotopic (exact) mass is 475 g/mol. The molecule has 0 unspecified atom stereocenters. The molecule has 2 heterocycles. The van der Waals surface area contributed by atoms with Crippen molar-refractivity contribution in [3.8, 4) is 27.8 Å². The number of rotatable bonds is 6. The average molecular weight is 476 g/mol. The molecule has 1 aromatic heterocycles. The van der Waals surface area contributed by atoms with E-state index in [9.17, 15) is 4.79 Å². The summed E-state index contributed by atoms with van der Waals surface area (Å²) in [6.45, 7) is 1.17. The molecule has 3 aromatic rings. The number of benzene rings is 2. The first-order valence-corrected chi connectivity index (χ1v) is 10.6. The number of hydrogen-bond donors (Lipinski definition) is 0. The molecule has 29 heavy (non-hydrogen) atoms. The van der Waals surface area contributed by atoms with Gasteiger partial charge in [-0.2, -0.15) is 0 Å². The fourth-order valence-corrected chi connectivity index (χ4v) is 4.10. The number of fused-ring (bicyclic) bond motifs is 1. The van der Waals surface area contributed by atoms with Crippen molar-refractivity contribution in [3.05, 3.63) is 57.5 Å². The maximum Gasteiger partial charge on any atom is 0.310 e. The van der Waals surface area contributed by atoms with Crippen LogP contribution in [0.25, 0.3) is 10.6 Å². The minimum Gasteiger partial charge on any atom is -0.496 e. The smallest absolute Gasteiger partial charge is 0.310 e. The van der Waals surface area contributed by atoms with E-state index >= 15 is 0 Å². The highest BCUT2D eigenvalue weighted by Crippen LogP contribution is 2.35. The van der Waals surface area contributed by atoms with Gasteiger partial charge in [0.25, 0.3) is 0 Å². The Bertz CT molecular complexity index is 1040. The second kappa shape index (κ2) is 8.84. The lowest BCUT2D eigenvalue weighted by Gasteiger charge is -2.18. The molecule has 0 aliphatic carbocycles. The molecular weight excluding hydrogens is 458 g/mol. The van der Waals surface area contributed by atoms with E-state index in [1.54, 1.807) is 7.11 Å². The first-order valence-electron chi connectivity index (χ1n) is 8.95. The zero-order chi connectivity index (χ0) is 20.2. The molecule has 1 aliphatic rings. The van der Waals surface area contributed by atoms with Crippen LogP contribution in [0.1, 0.15) is 11.3 Å². The molecule has 8 heteroatoms. The number of ether oxygens (including phenoxy) is 4. The van der Waals surface area contributed by atoms with Crippen LogP contribution in [0.5, 0.6) is 17.2 Å². The van der Waals surface area contributed by atoms with Gasteiger partial charge in [0.1, 0.15) is 30.6 Å². The maximum atomic E-state index is 12.2. The second-order valence-electron chi connectivity index (χ2n) is 6.30. The van der Waals surface area contributed by atoms with E-state index in [1.165, 1.54) is 11.3 Å². The number of hydrogen-bond acceptors (Lipinski definition) is 7. The van der Waals surface area contributed by atoms with Gasteiger partial charge in [-0.05, 0) is 35.9 Å². The Kier molecular flexibility index (Phi) is 6.01. The van der Waals surface area contributed by atoms with Crippen molar-refractivity contribution >= 4 is 33.2 Å². The fourth-order valence-electron chi connectivity index (χ4n) is 2.91. The van der Waals surface area contributed by atoms with Crippen LogP contribution in [0, 0.1) is 0 Å². The Morgan fingerprint density at radius 2 is 2.00 bits per heavy atom. The second-order valence-corrected chi connectivity index (χ2v) is 8.08. The minimum absolute atomic E-state index is 0.121. The van der Waals surface area contributed by atoms with Gasteiger partial charge >= 0.3 is 5.97 Å². The van der Waals surface area contributed by atoms with E-state index in [2.05, 4.69) is 20.9 Å². The summed E-state index contributed by atoms with van der Waals surface area (Å²) in [5, 5.41) is 2.69. The van der Waals surface area contributed by atoms with E-state index < -0.39 is 0 Å². The molecule has 0 saturated heterocycles. The van der Waals surface area contributed by atoms with Crippen LogP contribution >= 0.6 is 27.3 Å². The summed E-state index contributed by atoms with van der Waals surface area (Å²) in [4.78, 5) is 16.8. The normalized spacial score (nSPS) is 12.5. The van der Waals surface area contributed by atoms with E-state index in [-0.39, 0.29) is 19.0 Å². The van der Waals surface area contributed by atoms with Gasteiger partial charge in [-0.25, -0.2) is 4.98 Å². The Hall–Kier alpha value is -2.58. The van der Waals surface area contributed by atoms with Crippen molar-refractivity contribution < 1.29 is 23.7 Å².